The summed E-state index contributed by atoms with van der Waals surface area (Å²) in [6.45, 7) is 0. The maximum atomic E-state index is 11.8. The molecule has 0 heterocycles. The van der Waals surface area contributed by atoms with Gasteiger partial charge in [-0.3, -0.25) is 14.9 Å². The van der Waals surface area contributed by atoms with Gasteiger partial charge < -0.3 is 4.74 Å². The third-order valence-electron chi connectivity index (χ3n) is 2.18. The molecule has 0 atom stereocenters. The molecule has 0 unspecified atom stereocenters. The number of carbonyl (C=O) groups is 1. The second-order valence-electron chi connectivity index (χ2n) is 3.17. The monoisotopic (exact) mass is 245 g/mol. The Kier molecular flexibility index (Phi) is 3.95. The van der Waals surface area contributed by atoms with Gasteiger partial charge in [0.2, 0.25) is 5.75 Å². The van der Waals surface area contributed by atoms with Crippen molar-refractivity contribution in [3.05, 3.63) is 33.9 Å². The Morgan fingerprint density at radius 2 is 2.06 bits per heavy atom. The molecule has 0 bridgehead atoms. The van der Waals surface area contributed by atoms with E-state index >= 15 is 0 Å². The van der Waals surface area contributed by atoms with Crippen LogP contribution in [0.5, 0.6) is 5.75 Å². The van der Waals surface area contributed by atoms with E-state index in [0.717, 1.165) is 0 Å². The maximum Gasteiger partial charge on any atom is 0.311 e. The Balaban J connectivity index is 3.39. The molecule has 0 saturated heterocycles. The number of ketones is 1. The Hall–Kier alpha value is -2.93. The summed E-state index contributed by atoms with van der Waals surface area (Å²) in [6, 6.07) is 6.76. The lowest BCUT2D eigenvalue weighted by Gasteiger charge is -2.07. The van der Waals surface area contributed by atoms with Crippen molar-refractivity contribution in [3.63, 3.8) is 0 Å². The SMILES string of the molecule is COc1c(C(=O)C(C#N)C#N)cccc1[N+](=O)[O-]. The van der Waals surface area contributed by atoms with Crippen LogP contribution in [0.2, 0.25) is 0 Å². The fraction of sp³-hybridized carbons (Fsp3) is 0.182. The number of nitro groups is 1. The Labute approximate surface area is 102 Å². The molecule has 0 saturated carbocycles. The van der Waals surface area contributed by atoms with Crippen LogP contribution in [0.1, 0.15) is 10.4 Å². The number of nitrogens with zero attached hydrogens (tertiary/aromatic N) is 3. The number of rotatable bonds is 4. The van der Waals surface area contributed by atoms with Gasteiger partial charge in [0.1, 0.15) is 0 Å². The summed E-state index contributed by atoms with van der Waals surface area (Å²) in [5.74, 6) is -2.58. The van der Waals surface area contributed by atoms with Crippen molar-refractivity contribution in [1.82, 2.24) is 0 Å². The predicted molar refractivity (Wildman–Crippen MR) is 58.7 cm³/mol. The number of nitro benzene ring substituents is 1. The number of methoxy groups -OCH3 is 1. The number of benzene rings is 1. The summed E-state index contributed by atoms with van der Waals surface area (Å²) in [4.78, 5) is 21.9. The Morgan fingerprint density at radius 1 is 1.44 bits per heavy atom. The van der Waals surface area contributed by atoms with Gasteiger partial charge in [-0.2, -0.15) is 10.5 Å². The molecule has 0 amide bonds. The second kappa shape index (κ2) is 5.41. The number of nitriles is 2. The van der Waals surface area contributed by atoms with Crippen molar-refractivity contribution < 1.29 is 14.5 Å². The number of hydrogen-bond acceptors (Lipinski definition) is 6. The minimum atomic E-state index is -1.51. The van der Waals surface area contributed by atoms with Crippen LogP contribution in [0.25, 0.3) is 0 Å². The summed E-state index contributed by atoms with van der Waals surface area (Å²) in [5, 5.41) is 28.0. The standard InChI is InChI=1S/C11H7N3O4/c1-18-11-8(10(15)7(5-12)6-13)3-2-4-9(11)14(16)17/h2-4,7H,1H3. The van der Waals surface area contributed by atoms with Crippen LogP contribution in [0.4, 0.5) is 5.69 Å². The summed E-state index contributed by atoms with van der Waals surface area (Å²) in [7, 11) is 1.17. The van der Waals surface area contributed by atoms with E-state index in [-0.39, 0.29) is 11.3 Å². The van der Waals surface area contributed by atoms with Crippen molar-refractivity contribution >= 4 is 11.5 Å². The second-order valence-corrected chi connectivity index (χ2v) is 3.17. The average Bonchev–Trinajstić information content (AvgIpc) is 2.38. The number of ether oxygens (including phenoxy) is 1. The molecule has 1 aromatic rings. The van der Waals surface area contributed by atoms with Gasteiger partial charge in [-0.1, -0.05) is 6.07 Å². The molecule has 0 aromatic heterocycles. The molecule has 0 spiro atoms. The molecule has 0 radical (unpaired) electrons. The van der Waals surface area contributed by atoms with Crippen LogP contribution < -0.4 is 4.74 Å². The fourth-order valence-electron chi connectivity index (χ4n) is 1.38. The summed E-state index contributed by atoms with van der Waals surface area (Å²) in [6.07, 6.45) is 0. The highest BCUT2D eigenvalue weighted by Gasteiger charge is 2.27. The highest BCUT2D eigenvalue weighted by molar-refractivity contribution is 6.04. The highest BCUT2D eigenvalue weighted by Crippen LogP contribution is 2.31. The number of para-hydroxylation sites is 1. The van der Waals surface area contributed by atoms with E-state index in [4.69, 9.17) is 15.3 Å². The zero-order chi connectivity index (χ0) is 13.7. The van der Waals surface area contributed by atoms with Gasteiger partial charge in [0.25, 0.3) is 0 Å². The topological polar surface area (TPSA) is 117 Å². The lowest BCUT2D eigenvalue weighted by Crippen LogP contribution is -2.13. The van der Waals surface area contributed by atoms with E-state index in [0.29, 0.717) is 0 Å². The van der Waals surface area contributed by atoms with Crippen molar-refractivity contribution in [2.45, 2.75) is 0 Å². The van der Waals surface area contributed by atoms with Crippen molar-refractivity contribution in [2.75, 3.05) is 7.11 Å². The molecule has 1 rings (SSSR count). The normalized spacial score (nSPS) is 9.33. The Morgan fingerprint density at radius 3 is 2.50 bits per heavy atom. The van der Waals surface area contributed by atoms with E-state index in [1.54, 1.807) is 0 Å². The molecule has 0 aliphatic heterocycles. The minimum absolute atomic E-state index is 0.153. The quantitative estimate of drug-likeness (QED) is 0.450. The van der Waals surface area contributed by atoms with Crippen LogP contribution >= 0.6 is 0 Å². The summed E-state index contributed by atoms with van der Waals surface area (Å²) >= 11 is 0. The van der Waals surface area contributed by atoms with E-state index in [1.807, 2.05) is 0 Å². The Bertz CT molecular complexity index is 569. The average molecular weight is 245 g/mol. The van der Waals surface area contributed by atoms with Crippen LogP contribution in [0.15, 0.2) is 18.2 Å². The molecular formula is C11H7N3O4. The molecule has 0 N–H and O–H groups in total. The summed E-state index contributed by atoms with van der Waals surface area (Å²) in [5.41, 5.74) is -0.544. The minimum Gasteiger partial charge on any atom is -0.490 e. The number of hydrogen-bond donors (Lipinski definition) is 0. The van der Waals surface area contributed by atoms with Crippen molar-refractivity contribution in [1.29, 1.82) is 10.5 Å². The van der Waals surface area contributed by atoms with E-state index in [9.17, 15) is 14.9 Å². The highest BCUT2D eigenvalue weighted by atomic mass is 16.6. The molecule has 0 aliphatic carbocycles. The maximum absolute atomic E-state index is 11.8. The number of Topliss-reactive ketones (excluding diaryl/α,β-unsaturated/α-hetero) is 1. The smallest absolute Gasteiger partial charge is 0.311 e. The van der Waals surface area contributed by atoms with Crippen LogP contribution in [-0.2, 0) is 0 Å². The first-order valence-corrected chi connectivity index (χ1v) is 4.71. The molecule has 7 heteroatoms. The van der Waals surface area contributed by atoms with E-state index < -0.39 is 22.3 Å². The van der Waals surface area contributed by atoms with Crippen LogP contribution in [0, 0.1) is 38.7 Å². The fourth-order valence-corrected chi connectivity index (χ4v) is 1.38. The zero-order valence-corrected chi connectivity index (χ0v) is 9.28. The van der Waals surface area contributed by atoms with Crippen molar-refractivity contribution in [3.8, 4) is 17.9 Å². The molecule has 0 fully saturated rings. The first kappa shape index (κ1) is 13.1. The third kappa shape index (κ3) is 2.25. The van der Waals surface area contributed by atoms with Crippen LogP contribution in [0.3, 0.4) is 0 Å². The lowest BCUT2D eigenvalue weighted by molar-refractivity contribution is -0.385. The molecule has 7 nitrogen and oxygen atoms in total. The van der Waals surface area contributed by atoms with Gasteiger partial charge in [0, 0.05) is 6.07 Å². The van der Waals surface area contributed by atoms with Gasteiger partial charge in [-0.25, -0.2) is 0 Å². The lowest BCUT2D eigenvalue weighted by atomic mass is 9.99. The van der Waals surface area contributed by atoms with Crippen molar-refractivity contribution in [2.24, 2.45) is 5.92 Å². The van der Waals surface area contributed by atoms with Gasteiger partial charge in [0.15, 0.2) is 11.7 Å². The first-order valence-electron chi connectivity index (χ1n) is 4.71. The summed E-state index contributed by atoms with van der Waals surface area (Å²) < 4.78 is 4.82. The number of carbonyl (C=O) groups excluding carboxylic acids is 1. The third-order valence-corrected chi connectivity index (χ3v) is 2.18. The predicted octanol–water partition coefficient (Wildman–Crippen LogP) is 1.45. The molecule has 90 valence electrons. The van der Waals surface area contributed by atoms with Crippen LogP contribution in [-0.4, -0.2) is 17.8 Å². The first-order chi connectivity index (χ1) is 8.56. The largest absolute Gasteiger partial charge is 0.490 e. The van der Waals surface area contributed by atoms with Gasteiger partial charge >= 0.3 is 5.69 Å². The van der Waals surface area contributed by atoms with E-state index in [1.165, 1.54) is 37.4 Å². The van der Waals surface area contributed by atoms with Gasteiger partial charge in [-0.15, -0.1) is 0 Å². The van der Waals surface area contributed by atoms with Gasteiger partial charge in [0.05, 0.1) is 29.7 Å². The zero-order valence-electron chi connectivity index (χ0n) is 9.28. The van der Waals surface area contributed by atoms with Gasteiger partial charge in [-0.05, 0) is 6.07 Å². The molecule has 1 aromatic carbocycles. The molecule has 18 heavy (non-hydrogen) atoms. The molecule has 0 aliphatic rings. The van der Waals surface area contributed by atoms with E-state index in [2.05, 4.69) is 0 Å². The molecular weight excluding hydrogens is 238 g/mol.